The average molecular weight is 245 g/mol. The van der Waals surface area contributed by atoms with E-state index in [2.05, 4.69) is 16.0 Å². The average Bonchev–Trinajstić information content (AvgIpc) is 2.89. The van der Waals surface area contributed by atoms with Crippen LogP contribution in [0.4, 0.5) is 0 Å². The van der Waals surface area contributed by atoms with Gasteiger partial charge in [-0.2, -0.15) is 5.26 Å². The second-order valence-electron chi connectivity index (χ2n) is 4.20. The van der Waals surface area contributed by atoms with Crippen LogP contribution in [0.15, 0.2) is 48.9 Å². The fourth-order valence-corrected chi connectivity index (χ4v) is 2.10. The first-order valence-corrected chi connectivity index (χ1v) is 5.97. The molecule has 1 aromatic carbocycles. The standard InChI is InChI=1S/C16H11N3/c17-9-13-4-1-5-15-16(13)14(11-19-15)7-6-12-3-2-8-18-10-12/h1-8,10-11,19H/b7-6+. The molecule has 2 heterocycles. The van der Waals surface area contributed by atoms with E-state index in [9.17, 15) is 0 Å². The van der Waals surface area contributed by atoms with Crippen molar-refractivity contribution in [2.24, 2.45) is 0 Å². The second-order valence-corrected chi connectivity index (χ2v) is 4.20. The van der Waals surface area contributed by atoms with Gasteiger partial charge in [0.25, 0.3) is 0 Å². The van der Waals surface area contributed by atoms with Gasteiger partial charge >= 0.3 is 0 Å². The molecule has 1 N–H and O–H groups in total. The molecule has 0 saturated heterocycles. The molecule has 3 aromatic rings. The Hall–Kier alpha value is -2.86. The lowest BCUT2D eigenvalue weighted by Crippen LogP contribution is -1.78. The normalized spacial score (nSPS) is 10.9. The van der Waals surface area contributed by atoms with Crippen LogP contribution in [0, 0.1) is 11.3 Å². The van der Waals surface area contributed by atoms with E-state index < -0.39 is 0 Å². The van der Waals surface area contributed by atoms with Gasteiger partial charge in [0, 0.05) is 35.1 Å². The zero-order valence-electron chi connectivity index (χ0n) is 10.2. The van der Waals surface area contributed by atoms with Gasteiger partial charge in [0.1, 0.15) is 0 Å². The van der Waals surface area contributed by atoms with E-state index in [1.165, 1.54) is 0 Å². The molecule has 19 heavy (non-hydrogen) atoms. The fourth-order valence-electron chi connectivity index (χ4n) is 2.10. The summed E-state index contributed by atoms with van der Waals surface area (Å²) in [7, 11) is 0. The first-order valence-electron chi connectivity index (χ1n) is 5.97. The van der Waals surface area contributed by atoms with Gasteiger partial charge in [-0.25, -0.2) is 0 Å². The number of fused-ring (bicyclic) bond motifs is 1. The molecule has 3 rings (SSSR count). The van der Waals surface area contributed by atoms with Crippen molar-refractivity contribution in [1.29, 1.82) is 5.26 Å². The topological polar surface area (TPSA) is 52.5 Å². The predicted octanol–water partition coefficient (Wildman–Crippen LogP) is 3.60. The summed E-state index contributed by atoms with van der Waals surface area (Å²) in [6.07, 6.45) is 9.45. The van der Waals surface area contributed by atoms with E-state index in [1.54, 1.807) is 12.4 Å². The van der Waals surface area contributed by atoms with Gasteiger partial charge in [-0.3, -0.25) is 4.98 Å². The highest BCUT2D eigenvalue weighted by Crippen LogP contribution is 2.23. The van der Waals surface area contributed by atoms with Crippen molar-refractivity contribution in [2.75, 3.05) is 0 Å². The van der Waals surface area contributed by atoms with Gasteiger partial charge in [0.15, 0.2) is 0 Å². The first-order chi connectivity index (χ1) is 9.38. The smallest absolute Gasteiger partial charge is 0.0998 e. The quantitative estimate of drug-likeness (QED) is 0.749. The SMILES string of the molecule is N#Cc1cccc2[nH]cc(/C=C/c3cccnc3)c12. The van der Waals surface area contributed by atoms with Gasteiger partial charge < -0.3 is 4.98 Å². The Morgan fingerprint density at radius 1 is 1.16 bits per heavy atom. The van der Waals surface area contributed by atoms with Gasteiger partial charge in [-0.15, -0.1) is 0 Å². The maximum absolute atomic E-state index is 9.17. The van der Waals surface area contributed by atoms with Crippen LogP contribution in [-0.2, 0) is 0 Å². The highest BCUT2D eigenvalue weighted by atomic mass is 14.7. The maximum atomic E-state index is 9.17. The van der Waals surface area contributed by atoms with Crippen LogP contribution in [-0.4, -0.2) is 9.97 Å². The van der Waals surface area contributed by atoms with Gasteiger partial charge in [0.2, 0.25) is 0 Å². The van der Waals surface area contributed by atoms with Crippen LogP contribution < -0.4 is 0 Å². The number of rotatable bonds is 2. The van der Waals surface area contributed by atoms with Gasteiger partial charge in [0.05, 0.1) is 11.6 Å². The number of H-pyrrole nitrogens is 1. The number of nitrogens with one attached hydrogen (secondary N) is 1. The molecule has 0 spiro atoms. The summed E-state index contributed by atoms with van der Waals surface area (Å²) in [5.74, 6) is 0. The number of benzene rings is 1. The number of nitriles is 1. The largest absolute Gasteiger partial charge is 0.361 e. The third-order valence-corrected chi connectivity index (χ3v) is 3.00. The molecule has 0 amide bonds. The highest BCUT2D eigenvalue weighted by Gasteiger charge is 2.05. The molecule has 0 radical (unpaired) electrons. The molecule has 3 heteroatoms. The van der Waals surface area contributed by atoms with E-state index in [0.29, 0.717) is 5.56 Å². The van der Waals surface area contributed by atoms with E-state index in [4.69, 9.17) is 5.26 Å². The fraction of sp³-hybridized carbons (Fsp3) is 0. The minimum absolute atomic E-state index is 0.685. The van der Waals surface area contributed by atoms with E-state index in [1.807, 2.05) is 48.7 Å². The monoisotopic (exact) mass is 245 g/mol. The summed E-state index contributed by atoms with van der Waals surface area (Å²) >= 11 is 0. The van der Waals surface area contributed by atoms with Crippen LogP contribution in [0.5, 0.6) is 0 Å². The zero-order valence-corrected chi connectivity index (χ0v) is 10.2. The van der Waals surface area contributed by atoms with Gasteiger partial charge in [-0.05, 0) is 23.8 Å². The van der Waals surface area contributed by atoms with Crippen molar-refractivity contribution in [3.05, 3.63) is 65.6 Å². The molecule has 2 aromatic heterocycles. The van der Waals surface area contributed by atoms with Crippen LogP contribution in [0.3, 0.4) is 0 Å². The molecule has 0 aliphatic rings. The molecule has 0 unspecified atom stereocenters. The Morgan fingerprint density at radius 2 is 2.11 bits per heavy atom. The molecule has 0 atom stereocenters. The third-order valence-electron chi connectivity index (χ3n) is 3.00. The van der Waals surface area contributed by atoms with Crippen molar-refractivity contribution >= 4 is 23.1 Å². The van der Waals surface area contributed by atoms with Crippen LogP contribution in [0.1, 0.15) is 16.7 Å². The molecule has 90 valence electrons. The van der Waals surface area contributed by atoms with Crippen LogP contribution in [0.2, 0.25) is 0 Å². The Labute approximate surface area is 110 Å². The van der Waals surface area contributed by atoms with Crippen LogP contribution in [0.25, 0.3) is 23.1 Å². The first kappa shape index (κ1) is 11.2. The van der Waals surface area contributed by atoms with Crippen molar-refractivity contribution in [3.63, 3.8) is 0 Å². The van der Waals surface area contributed by atoms with Crippen LogP contribution >= 0.6 is 0 Å². The minimum Gasteiger partial charge on any atom is -0.361 e. The summed E-state index contributed by atoms with van der Waals surface area (Å²) in [6.45, 7) is 0. The molecule has 0 aliphatic heterocycles. The van der Waals surface area contributed by atoms with E-state index in [0.717, 1.165) is 22.0 Å². The molecule has 3 nitrogen and oxygen atoms in total. The highest BCUT2D eigenvalue weighted by molar-refractivity contribution is 5.95. The van der Waals surface area contributed by atoms with Crippen molar-refractivity contribution in [1.82, 2.24) is 9.97 Å². The lowest BCUT2D eigenvalue weighted by molar-refractivity contribution is 1.32. The van der Waals surface area contributed by atoms with E-state index in [-0.39, 0.29) is 0 Å². The second kappa shape index (κ2) is 4.79. The summed E-state index contributed by atoms with van der Waals surface area (Å²) in [4.78, 5) is 7.25. The summed E-state index contributed by atoms with van der Waals surface area (Å²) in [6, 6.07) is 11.8. The Morgan fingerprint density at radius 3 is 2.89 bits per heavy atom. The number of aromatic amines is 1. The number of aromatic nitrogens is 2. The molecular formula is C16H11N3. The molecule has 0 bridgehead atoms. The zero-order chi connectivity index (χ0) is 13.1. The predicted molar refractivity (Wildman–Crippen MR) is 76.2 cm³/mol. The van der Waals surface area contributed by atoms with Crippen molar-refractivity contribution in [2.45, 2.75) is 0 Å². The Kier molecular flexibility index (Phi) is 2.83. The molecule has 0 fully saturated rings. The molecule has 0 saturated carbocycles. The minimum atomic E-state index is 0.685. The number of pyridine rings is 1. The summed E-state index contributed by atoms with van der Waals surface area (Å²) in [5, 5.41) is 10.1. The summed E-state index contributed by atoms with van der Waals surface area (Å²) < 4.78 is 0. The van der Waals surface area contributed by atoms with Crippen molar-refractivity contribution in [3.8, 4) is 6.07 Å². The number of hydrogen-bond acceptors (Lipinski definition) is 2. The van der Waals surface area contributed by atoms with E-state index >= 15 is 0 Å². The van der Waals surface area contributed by atoms with Gasteiger partial charge in [-0.1, -0.05) is 24.3 Å². The maximum Gasteiger partial charge on any atom is 0.0998 e. The number of hydrogen-bond donors (Lipinski definition) is 1. The molecule has 0 aliphatic carbocycles. The molecular weight excluding hydrogens is 234 g/mol. The summed E-state index contributed by atoms with van der Waals surface area (Å²) in [5.41, 5.74) is 3.71. The Balaban J connectivity index is 2.07. The lowest BCUT2D eigenvalue weighted by atomic mass is 10.1. The Bertz CT molecular complexity index is 777. The third kappa shape index (κ3) is 2.12. The lowest BCUT2D eigenvalue weighted by Gasteiger charge is -1.95. The number of nitrogens with zero attached hydrogens (tertiary/aromatic N) is 2. The van der Waals surface area contributed by atoms with Crippen molar-refractivity contribution < 1.29 is 0 Å².